The van der Waals surface area contributed by atoms with Crippen molar-refractivity contribution in [1.82, 2.24) is 0 Å². The standard InChI is InChI=1S/3C3H5FO2.In/c3*1-2(4)3(5)6;/h3*2H,1H3,(H,5,6);/q;;;+3/p-3. The van der Waals surface area contributed by atoms with Gasteiger partial charge in [-0.3, -0.25) is 0 Å². The van der Waals surface area contributed by atoms with Crippen LogP contribution in [0.2, 0.25) is 0 Å². The van der Waals surface area contributed by atoms with Crippen LogP contribution in [0.1, 0.15) is 20.8 Å². The second-order valence-electron chi connectivity index (χ2n) is 2.81. The van der Waals surface area contributed by atoms with E-state index in [4.69, 9.17) is 0 Å². The van der Waals surface area contributed by atoms with Crippen molar-refractivity contribution in [1.29, 1.82) is 0 Å². The Labute approximate surface area is 126 Å². The summed E-state index contributed by atoms with van der Waals surface area (Å²) in [5, 5.41) is 27.6. The minimum atomic E-state index is -1.84. The van der Waals surface area contributed by atoms with Gasteiger partial charge >= 0.3 is 25.8 Å². The van der Waals surface area contributed by atoms with E-state index in [0.717, 1.165) is 20.8 Å². The predicted molar refractivity (Wildman–Crippen MR) is 52.5 cm³/mol. The Balaban J connectivity index is -0.0000000865. The van der Waals surface area contributed by atoms with Crippen molar-refractivity contribution in [2.24, 2.45) is 0 Å². The van der Waals surface area contributed by atoms with Crippen LogP contribution < -0.4 is 15.3 Å². The van der Waals surface area contributed by atoms with Gasteiger partial charge in [-0.2, -0.15) is 0 Å². The van der Waals surface area contributed by atoms with Crippen LogP contribution >= 0.6 is 0 Å². The van der Waals surface area contributed by atoms with Gasteiger partial charge in [0.25, 0.3) is 0 Å². The summed E-state index contributed by atoms with van der Waals surface area (Å²) in [7, 11) is 0. The number of hydrogen-bond donors (Lipinski definition) is 0. The van der Waals surface area contributed by atoms with E-state index in [-0.39, 0.29) is 25.8 Å². The third kappa shape index (κ3) is 31.6. The van der Waals surface area contributed by atoms with Gasteiger partial charge in [0.2, 0.25) is 0 Å². The van der Waals surface area contributed by atoms with Gasteiger partial charge in [0, 0.05) is 0 Å². The molecule has 0 fully saturated rings. The molecule has 19 heavy (non-hydrogen) atoms. The normalized spacial score (nSPS) is 12.9. The van der Waals surface area contributed by atoms with Gasteiger partial charge in [0.05, 0.1) is 17.9 Å². The molecule has 0 saturated carbocycles. The van der Waals surface area contributed by atoms with Crippen molar-refractivity contribution in [3.05, 3.63) is 0 Å². The summed E-state index contributed by atoms with van der Waals surface area (Å²) in [6, 6.07) is 0. The second kappa shape index (κ2) is 15.1. The Hall–Kier alpha value is -0.930. The first kappa shape index (κ1) is 26.6. The molecule has 0 aromatic rings. The monoisotopic (exact) mass is 388 g/mol. The smallest absolute Gasteiger partial charge is 0.547 e. The van der Waals surface area contributed by atoms with Gasteiger partial charge in [0.15, 0.2) is 0 Å². The Kier molecular flexibility index (Phi) is 21.2. The van der Waals surface area contributed by atoms with Crippen molar-refractivity contribution < 1.29 is 42.9 Å². The first-order valence-corrected chi connectivity index (χ1v) is 4.48. The fourth-order valence-corrected chi connectivity index (χ4v) is 0. The molecule has 0 radical (unpaired) electrons. The minimum Gasteiger partial charge on any atom is -0.547 e. The zero-order chi connectivity index (χ0) is 15.5. The quantitative estimate of drug-likeness (QED) is 0.505. The summed E-state index contributed by atoms with van der Waals surface area (Å²) >= 11 is 0. The maximum absolute atomic E-state index is 11.2. The van der Waals surface area contributed by atoms with Crippen LogP contribution in [0.15, 0.2) is 0 Å². The fourth-order valence-electron chi connectivity index (χ4n) is 0. The predicted octanol–water partition coefficient (Wildman–Crippen LogP) is -3.10. The number of carbonyl (C=O) groups is 3. The summed E-state index contributed by atoms with van der Waals surface area (Å²) in [5.74, 6) is -4.97. The molecule has 3 atom stereocenters. The van der Waals surface area contributed by atoms with E-state index in [1.807, 2.05) is 0 Å². The molecule has 3 unspecified atom stereocenters. The van der Waals surface area contributed by atoms with E-state index in [1.54, 1.807) is 0 Å². The van der Waals surface area contributed by atoms with E-state index in [9.17, 15) is 42.9 Å². The van der Waals surface area contributed by atoms with Gasteiger partial charge in [0.1, 0.15) is 18.5 Å². The maximum atomic E-state index is 11.2. The topological polar surface area (TPSA) is 120 Å². The molecule has 0 amide bonds. The Bertz CT molecular complexity index is 228. The molecular weight excluding hydrogens is 376 g/mol. The molecule has 108 valence electrons. The largest absolute Gasteiger partial charge is 3.00 e. The van der Waals surface area contributed by atoms with Gasteiger partial charge in [-0.05, 0) is 20.8 Å². The number of halogens is 3. The van der Waals surface area contributed by atoms with Crippen LogP contribution in [-0.4, -0.2) is 62.3 Å². The molecular formula is C9H12F3InO6. The number of rotatable bonds is 3. The summed E-state index contributed by atoms with van der Waals surface area (Å²) in [6.45, 7) is 2.74. The SMILES string of the molecule is CC(F)C(=O)[O-].CC(F)C(=O)[O-].CC(F)C(=O)[O-].[In+3]. The first-order valence-electron chi connectivity index (χ1n) is 4.48. The number of aliphatic carboxylic acids is 3. The second-order valence-corrected chi connectivity index (χ2v) is 2.81. The molecule has 0 heterocycles. The summed E-state index contributed by atoms with van der Waals surface area (Å²) in [6.07, 6.45) is -5.53. The average molecular weight is 388 g/mol. The molecule has 0 aromatic heterocycles. The molecule has 0 saturated heterocycles. The number of hydrogen-bond acceptors (Lipinski definition) is 6. The zero-order valence-corrected chi connectivity index (χ0v) is 13.7. The molecule has 6 nitrogen and oxygen atoms in total. The number of carboxylic acid groups (broad SMARTS) is 3. The van der Waals surface area contributed by atoms with Crippen molar-refractivity contribution in [3.8, 4) is 0 Å². The Morgan fingerprint density at radius 1 is 0.684 bits per heavy atom. The van der Waals surface area contributed by atoms with E-state index < -0.39 is 36.4 Å². The number of carbonyl (C=O) groups excluding carboxylic acids is 3. The third-order valence-electron chi connectivity index (χ3n) is 0.974. The van der Waals surface area contributed by atoms with Crippen LogP contribution in [0.3, 0.4) is 0 Å². The molecule has 10 heteroatoms. The van der Waals surface area contributed by atoms with Crippen molar-refractivity contribution >= 4 is 43.8 Å². The number of carboxylic acids is 3. The minimum absolute atomic E-state index is 0. The molecule has 0 rings (SSSR count). The molecule has 0 aliphatic carbocycles. The fraction of sp³-hybridized carbons (Fsp3) is 0.667. The Morgan fingerprint density at radius 3 is 0.737 bits per heavy atom. The zero-order valence-electron chi connectivity index (χ0n) is 10.4. The summed E-state index contributed by atoms with van der Waals surface area (Å²) < 4.78 is 33.5. The van der Waals surface area contributed by atoms with Gasteiger partial charge < -0.3 is 29.7 Å². The third-order valence-corrected chi connectivity index (χ3v) is 0.974. The van der Waals surface area contributed by atoms with Gasteiger partial charge in [-0.1, -0.05) is 0 Å². The summed E-state index contributed by atoms with van der Waals surface area (Å²) in [4.78, 5) is 27.6. The molecule has 0 bridgehead atoms. The molecule has 0 N–H and O–H groups in total. The van der Waals surface area contributed by atoms with Crippen LogP contribution in [0.4, 0.5) is 13.2 Å². The van der Waals surface area contributed by atoms with Crippen molar-refractivity contribution in [2.75, 3.05) is 0 Å². The average Bonchev–Trinajstić information content (AvgIpc) is 2.18. The van der Waals surface area contributed by atoms with E-state index in [0.29, 0.717) is 0 Å². The first-order chi connectivity index (χ1) is 7.93. The van der Waals surface area contributed by atoms with E-state index in [2.05, 4.69) is 0 Å². The van der Waals surface area contributed by atoms with Crippen LogP contribution in [0.5, 0.6) is 0 Å². The maximum Gasteiger partial charge on any atom is 3.00 e. The molecule has 0 spiro atoms. The van der Waals surface area contributed by atoms with Crippen molar-refractivity contribution in [3.63, 3.8) is 0 Å². The van der Waals surface area contributed by atoms with Crippen LogP contribution in [-0.2, 0) is 14.4 Å². The van der Waals surface area contributed by atoms with E-state index in [1.165, 1.54) is 0 Å². The van der Waals surface area contributed by atoms with Crippen molar-refractivity contribution in [2.45, 2.75) is 39.3 Å². The van der Waals surface area contributed by atoms with Crippen LogP contribution in [0, 0.1) is 0 Å². The van der Waals surface area contributed by atoms with Crippen LogP contribution in [0.25, 0.3) is 0 Å². The number of alkyl halides is 3. The Morgan fingerprint density at radius 2 is 0.737 bits per heavy atom. The van der Waals surface area contributed by atoms with E-state index >= 15 is 0 Å². The molecule has 0 aliphatic heterocycles. The van der Waals surface area contributed by atoms with Gasteiger partial charge in [-0.25, -0.2) is 13.2 Å². The molecule has 0 aliphatic rings. The van der Waals surface area contributed by atoms with Gasteiger partial charge in [-0.15, -0.1) is 0 Å². The summed E-state index contributed by atoms with van der Waals surface area (Å²) in [5.41, 5.74) is 0. The molecule has 0 aromatic carbocycles.